The molecule has 7 heteroatoms. The van der Waals surface area contributed by atoms with Gasteiger partial charge in [0.1, 0.15) is 10.7 Å². The van der Waals surface area contributed by atoms with E-state index in [-0.39, 0.29) is 17.5 Å². The van der Waals surface area contributed by atoms with Crippen molar-refractivity contribution in [1.29, 1.82) is 0 Å². The third kappa shape index (κ3) is 5.65. The summed E-state index contributed by atoms with van der Waals surface area (Å²) in [6.07, 6.45) is 2.03. The van der Waals surface area contributed by atoms with Gasteiger partial charge in [0, 0.05) is 12.6 Å². The van der Waals surface area contributed by atoms with E-state index >= 15 is 0 Å². The molecule has 5 nitrogen and oxygen atoms in total. The van der Waals surface area contributed by atoms with Gasteiger partial charge in [0.25, 0.3) is 0 Å². The molecule has 1 aromatic carbocycles. The van der Waals surface area contributed by atoms with E-state index in [9.17, 15) is 17.6 Å². The second kappa shape index (κ2) is 6.36. The van der Waals surface area contributed by atoms with Gasteiger partial charge in [-0.25, -0.2) is 22.3 Å². The zero-order valence-corrected chi connectivity index (χ0v) is 12.9. The topological polar surface area (TPSA) is 83.5 Å². The summed E-state index contributed by atoms with van der Waals surface area (Å²) in [7, 11) is -3.94. The van der Waals surface area contributed by atoms with Crippen molar-refractivity contribution < 1.29 is 22.7 Å². The quantitative estimate of drug-likeness (QED) is 0.816. The van der Waals surface area contributed by atoms with Gasteiger partial charge in [-0.05, 0) is 29.2 Å². The molecule has 0 saturated heterocycles. The molecule has 0 aliphatic heterocycles. The van der Waals surface area contributed by atoms with Crippen molar-refractivity contribution in [3.63, 3.8) is 0 Å². The van der Waals surface area contributed by atoms with Crippen LogP contribution in [-0.2, 0) is 14.8 Å². The lowest BCUT2D eigenvalue weighted by atomic mass is 9.98. The summed E-state index contributed by atoms with van der Waals surface area (Å²) in [5.41, 5.74) is -0.00191. The van der Waals surface area contributed by atoms with Crippen LogP contribution in [0.5, 0.6) is 0 Å². The van der Waals surface area contributed by atoms with Gasteiger partial charge in [-0.1, -0.05) is 26.8 Å². The fourth-order valence-electron chi connectivity index (χ4n) is 1.40. The largest absolute Gasteiger partial charge is 0.478 e. The summed E-state index contributed by atoms with van der Waals surface area (Å²) < 4.78 is 40.3. The fourth-order valence-corrected chi connectivity index (χ4v) is 2.74. The Morgan fingerprint density at radius 2 is 2.00 bits per heavy atom. The highest BCUT2D eigenvalue weighted by Gasteiger charge is 2.21. The second-order valence-corrected chi connectivity index (χ2v) is 7.48. The highest BCUT2D eigenvalue weighted by molar-refractivity contribution is 7.89. The van der Waals surface area contributed by atoms with E-state index in [1.165, 1.54) is 12.1 Å². The van der Waals surface area contributed by atoms with Crippen molar-refractivity contribution >= 4 is 22.1 Å². The number of hydrogen-bond acceptors (Lipinski definition) is 3. The van der Waals surface area contributed by atoms with Crippen LogP contribution in [0.15, 0.2) is 29.2 Å². The molecule has 0 aliphatic carbocycles. The first kappa shape index (κ1) is 17.3. The second-order valence-electron chi connectivity index (χ2n) is 5.75. The number of nitrogens with one attached hydrogen (secondary N) is 1. The third-order valence-electron chi connectivity index (χ3n) is 2.46. The molecule has 0 unspecified atom stereocenters. The minimum atomic E-state index is -3.94. The Bertz CT molecular complexity index is 660. The lowest BCUT2D eigenvalue weighted by Crippen LogP contribution is -2.32. The number of carbonyl (C=O) groups is 1. The molecular formula is C14H18FNO4S. The maximum Gasteiger partial charge on any atom is 0.328 e. The SMILES string of the molecule is CC(C)(C)CNS(=O)(=O)c1ccc(/C=C/C(=O)O)cc1F. The van der Waals surface area contributed by atoms with Gasteiger partial charge in [-0.15, -0.1) is 0 Å². The van der Waals surface area contributed by atoms with Gasteiger partial charge in [0.05, 0.1) is 0 Å². The van der Waals surface area contributed by atoms with Crippen LogP contribution in [0.4, 0.5) is 4.39 Å². The normalized spacial score (nSPS) is 12.8. The number of rotatable bonds is 5. The maximum absolute atomic E-state index is 13.9. The molecule has 21 heavy (non-hydrogen) atoms. The van der Waals surface area contributed by atoms with Gasteiger partial charge in [0.2, 0.25) is 10.0 Å². The average molecular weight is 315 g/mol. The summed E-state index contributed by atoms with van der Waals surface area (Å²) in [5.74, 6) is -2.09. The molecule has 0 heterocycles. The van der Waals surface area contributed by atoms with Gasteiger partial charge >= 0.3 is 5.97 Å². The Hall–Kier alpha value is -1.73. The molecule has 2 N–H and O–H groups in total. The first-order valence-electron chi connectivity index (χ1n) is 6.21. The van der Waals surface area contributed by atoms with Crippen LogP contribution in [0.1, 0.15) is 26.3 Å². The molecule has 116 valence electrons. The molecule has 0 radical (unpaired) electrons. The van der Waals surface area contributed by atoms with Crippen LogP contribution in [0.25, 0.3) is 6.08 Å². The van der Waals surface area contributed by atoms with E-state index in [4.69, 9.17) is 5.11 Å². The van der Waals surface area contributed by atoms with E-state index in [1.807, 2.05) is 20.8 Å². The minimum Gasteiger partial charge on any atom is -0.478 e. The molecule has 0 bridgehead atoms. The fraction of sp³-hybridized carbons (Fsp3) is 0.357. The summed E-state index contributed by atoms with van der Waals surface area (Å²) in [5, 5.41) is 8.49. The number of carboxylic acids is 1. The monoisotopic (exact) mass is 315 g/mol. The summed E-state index contributed by atoms with van der Waals surface area (Å²) in [6.45, 7) is 5.73. The minimum absolute atomic E-state index is 0.176. The Balaban J connectivity index is 3.01. The van der Waals surface area contributed by atoms with Crippen LogP contribution < -0.4 is 4.72 Å². The van der Waals surface area contributed by atoms with E-state index in [0.29, 0.717) is 0 Å². The van der Waals surface area contributed by atoms with Crippen LogP contribution in [-0.4, -0.2) is 26.0 Å². The molecule has 0 aromatic heterocycles. The van der Waals surface area contributed by atoms with Crippen LogP contribution in [0.2, 0.25) is 0 Å². The Labute approximate surface area is 123 Å². The van der Waals surface area contributed by atoms with E-state index in [1.54, 1.807) is 0 Å². The Morgan fingerprint density at radius 3 is 2.48 bits per heavy atom. The molecule has 0 amide bonds. The van der Waals surface area contributed by atoms with Gasteiger partial charge < -0.3 is 5.11 Å². The van der Waals surface area contributed by atoms with Crippen molar-refractivity contribution in [3.8, 4) is 0 Å². The van der Waals surface area contributed by atoms with E-state index in [0.717, 1.165) is 18.2 Å². The Morgan fingerprint density at radius 1 is 1.38 bits per heavy atom. The van der Waals surface area contributed by atoms with E-state index < -0.39 is 26.7 Å². The van der Waals surface area contributed by atoms with Crippen molar-refractivity contribution in [2.45, 2.75) is 25.7 Å². The highest BCUT2D eigenvalue weighted by atomic mass is 32.2. The average Bonchev–Trinajstić information content (AvgIpc) is 2.33. The number of benzene rings is 1. The number of hydrogen-bond donors (Lipinski definition) is 2. The molecular weight excluding hydrogens is 297 g/mol. The van der Waals surface area contributed by atoms with Crippen LogP contribution in [0, 0.1) is 11.2 Å². The third-order valence-corrected chi connectivity index (χ3v) is 3.89. The van der Waals surface area contributed by atoms with E-state index in [2.05, 4.69) is 4.72 Å². The van der Waals surface area contributed by atoms with Crippen LogP contribution >= 0.6 is 0 Å². The molecule has 0 aliphatic rings. The van der Waals surface area contributed by atoms with Gasteiger partial charge in [0.15, 0.2) is 0 Å². The van der Waals surface area contributed by atoms with Crippen LogP contribution in [0.3, 0.4) is 0 Å². The summed E-state index contributed by atoms with van der Waals surface area (Å²) in [6, 6.07) is 3.43. The summed E-state index contributed by atoms with van der Waals surface area (Å²) in [4.78, 5) is 9.92. The number of carboxylic acid groups (broad SMARTS) is 1. The zero-order valence-electron chi connectivity index (χ0n) is 12.1. The highest BCUT2D eigenvalue weighted by Crippen LogP contribution is 2.18. The van der Waals surface area contributed by atoms with Crippen molar-refractivity contribution in [2.75, 3.05) is 6.54 Å². The van der Waals surface area contributed by atoms with Gasteiger partial charge in [-0.3, -0.25) is 0 Å². The molecule has 0 saturated carbocycles. The number of aliphatic carboxylic acids is 1. The smallest absolute Gasteiger partial charge is 0.328 e. The van der Waals surface area contributed by atoms with Gasteiger partial charge in [-0.2, -0.15) is 0 Å². The maximum atomic E-state index is 13.9. The van der Waals surface area contributed by atoms with Crippen molar-refractivity contribution in [3.05, 3.63) is 35.7 Å². The zero-order chi connectivity index (χ0) is 16.3. The predicted molar refractivity (Wildman–Crippen MR) is 77.7 cm³/mol. The predicted octanol–water partition coefficient (Wildman–Crippen LogP) is 2.25. The number of sulfonamides is 1. The molecule has 1 aromatic rings. The Kier molecular flexibility index (Phi) is 5.25. The molecule has 1 rings (SSSR count). The first-order valence-corrected chi connectivity index (χ1v) is 7.70. The standard InChI is InChI=1S/C14H18FNO4S/c1-14(2,3)9-16-21(19,20)12-6-4-10(8-11(12)15)5-7-13(17)18/h4-8,16H,9H2,1-3H3,(H,17,18)/b7-5+. The molecule has 0 atom stereocenters. The molecule has 0 fully saturated rings. The molecule has 0 spiro atoms. The number of halogens is 1. The lowest BCUT2D eigenvalue weighted by molar-refractivity contribution is -0.131. The van der Waals surface area contributed by atoms with Crippen molar-refractivity contribution in [1.82, 2.24) is 4.72 Å². The first-order chi connectivity index (χ1) is 9.51. The van der Waals surface area contributed by atoms with Crippen molar-refractivity contribution in [2.24, 2.45) is 5.41 Å². The lowest BCUT2D eigenvalue weighted by Gasteiger charge is -2.19. The summed E-state index contributed by atoms with van der Waals surface area (Å²) >= 11 is 0.